The molecule has 0 atom stereocenters. The molecule has 0 saturated heterocycles. The lowest BCUT2D eigenvalue weighted by atomic mass is 10.0. The lowest BCUT2D eigenvalue weighted by Gasteiger charge is -2.06. The fraction of sp³-hybridized carbons (Fsp3) is 0.182. The molecule has 0 bridgehead atoms. The summed E-state index contributed by atoms with van der Waals surface area (Å²) in [4.78, 5) is 12.2. The average Bonchev–Trinajstić information content (AvgIpc) is 3.02. The smallest absolute Gasteiger partial charge is 0.249 e. The molecule has 0 spiro atoms. The molecule has 3 aromatic rings. The number of hydrogen-bond acceptors (Lipinski definition) is 2. The Labute approximate surface area is 182 Å². The predicted octanol–water partition coefficient (Wildman–Crippen LogP) is 6.26. The summed E-state index contributed by atoms with van der Waals surface area (Å²) >= 11 is 9.43. The molecule has 0 fully saturated rings. The second kappa shape index (κ2) is 9.37. The molecular formula is C22H20BrClFN3O. The summed E-state index contributed by atoms with van der Waals surface area (Å²) in [6, 6.07) is 12.6. The summed E-state index contributed by atoms with van der Waals surface area (Å²) in [6.45, 7) is 4.42. The van der Waals surface area contributed by atoms with E-state index in [0.29, 0.717) is 26.8 Å². The van der Waals surface area contributed by atoms with E-state index in [9.17, 15) is 9.18 Å². The molecular weight excluding hydrogens is 457 g/mol. The molecule has 0 radical (unpaired) electrons. The van der Waals surface area contributed by atoms with Crippen molar-refractivity contribution in [2.45, 2.75) is 26.3 Å². The third-order valence-electron chi connectivity index (χ3n) is 4.37. The summed E-state index contributed by atoms with van der Waals surface area (Å²) < 4.78 is 16.1. The number of rotatable bonds is 6. The van der Waals surface area contributed by atoms with Crippen LogP contribution in [0.4, 0.5) is 10.2 Å². The number of nitrogens with one attached hydrogen (secondary N) is 1. The minimum absolute atomic E-state index is 0.151. The van der Waals surface area contributed by atoms with Gasteiger partial charge in [-0.1, -0.05) is 55.8 Å². The van der Waals surface area contributed by atoms with Crippen LogP contribution in [0.2, 0.25) is 5.02 Å². The van der Waals surface area contributed by atoms with Crippen LogP contribution < -0.4 is 5.32 Å². The minimum Gasteiger partial charge on any atom is -0.305 e. The molecule has 4 nitrogen and oxygen atoms in total. The number of carbonyl (C=O) groups is 1. The lowest BCUT2D eigenvalue weighted by molar-refractivity contribution is -0.111. The third kappa shape index (κ3) is 5.55. The van der Waals surface area contributed by atoms with Crippen LogP contribution in [0.1, 0.15) is 36.5 Å². The van der Waals surface area contributed by atoms with E-state index in [2.05, 4.69) is 40.2 Å². The minimum atomic E-state index is -0.402. The van der Waals surface area contributed by atoms with E-state index in [4.69, 9.17) is 11.6 Å². The van der Waals surface area contributed by atoms with Gasteiger partial charge in [0.2, 0.25) is 5.91 Å². The number of hydrogen-bond donors (Lipinski definition) is 1. The first-order valence-electron chi connectivity index (χ1n) is 9.08. The van der Waals surface area contributed by atoms with Crippen molar-refractivity contribution in [3.8, 4) is 0 Å². The normalized spacial score (nSPS) is 11.4. The first kappa shape index (κ1) is 21.3. The Balaban J connectivity index is 1.66. The number of benzene rings is 2. The van der Waals surface area contributed by atoms with Crippen molar-refractivity contribution in [3.63, 3.8) is 0 Å². The van der Waals surface area contributed by atoms with Crippen molar-refractivity contribution in [2.24, 2.45) is 0 Å². The molecule has 1 heterocycles. The number of amides is 1. The molecule has 29 heavy (non-hydrogen) atoms. The zero-order valence-corrected chi connectivity index (χ0v) is 18.3. The Morgan fingerprint density at radius 3 is 2.66 bits per heavy atom. The van der Waals surface area contributed by atoms with E-state index in [1.165, 1.54) is 22.4 Å². The number of carbonyl (C=O) groups excluding carboxylic acids is 1. The van der Waals surface area contributed by atoms with Crippen molar-refractivity contribution < 1.29 is 9.18 Å². The van der Waals surface area contributed by atoms with Crippen LogP contribution in [0.25, 0.3) is 6.08 Å². The average molecular weight is 477 g/mol. The van der Waals surface area contributed by atoms with E-state index in [0.717, 1.165) is 5.56 Å². The number of anilines is 1. The first-order chi connectivity index (χ1) is 13.8. The second-order valence-electron chi connectivity index (χ2n) is 6.87. The van der Waals surface area contributed by atoms with Gasteiger partial charge in [0.05, 0.1) is 11.0 Å². The first-order valence-corrected chi connectivity index (χ1v) is 10.3. The van der Waals surface area contributed by atoms with Crippen molar-refractivity contribution in [3.05, 3.63) is 86.7 Å². The van der Waals surface area contributed by atoms with Crippen molar-refractivity contribution >= 4 is 45.3 Å². The summed E-state index contributed by atoms with van der Waals surface area (Å²) in [5.74, 6) is 0.0965. The van der Waals surface area contributed by atoms with Gasteiger partial charge in [0, 0.05) is 22.9 Å². The molecule has 0 unspecified atom stereocenters. The van der Waals surface area contributed by atoms with Gasteiger partial charge in [0.25, 0.3) is 0 Å². The van der Waals surface area contributed by atoms with Crippen LogP contribution in [0.15, 0.2) is 59.2 Å². The Morgan fingerprint density at radius 2 is 2.00 bits per heavy atom. The highest BCUT2D eigenvalue weighted by Crippen LogP contribution is 2.24. The van der Waals surface area contributed by atoms with Gasteiger partial charge in [0.15, 0.2) is 5.82 Å². The predicted molar refractivity (Wildman–Crippen MR) is 119 cm³/mol. The van der Waals surface area contributed by atoms with Crippen LogP contribution in [-0.4, -0.2) is 15.7 Å². The Kier molecular flexibility index (Phi) is 6.87. The molecule has 1 aromatic heterocycles. The maximum absolute atomic E-state index is 14.0. The molecule has 2 aromatic carbocycles. The zero-order chi connectivity index (χ0) is 21.0. The zero-order valence-electron chi connectivity index (χ0n) is 16.0. The van der Waals surface area contributed by atoms with E-state index >= 15 is 0 Å². The maximum Gasteiger partial charge on any atom is 0.249 e. The van der Waals surface area contributed by atoms with Crippen LogP contribution in [0.3, 0.4) is 0 Å². The molecule has 0 aliphatic heterocycles. The molecule has 1 N–H and O–H groups in total. The van der Waals surface area contributed by atoms with Crippen LogP contribution in [-0.2, 0) is 11.3 Å². The van der Waals surface area contributed by atoms with Crippen molar-refractivity contribution in [1.82, 2.24) is 9.78 Å². The number of halogens is 3. The highest BCUT2D eigenvalue weighted by atomic mass is 79.9. The molecule has 1 amide bonds. The molecule has 7 heteroatoms. The van der Waals surface area contributed by atoms with E-state index < -0.39 is 5.82 Å². The molecule has 3 rings (SSSR count). The Bertz CT molecular complexity index is 1020. The molecule has 0 saturated carbocycles. The maximum atomic E-state index is 14.0. The number of aromatic nitrogens is 2. The SMILES string of the molecule is CC(C)c1ccc(/C=C/C(=O)Nc2nn(Cc3c(F)cccc3Cl)cc2Br)cc1. The highest BCUT2D eigenvalue weighted by Gasteiger charge is 2.12. The monoisotopic (exact) mass is 475 g/mol. The third-order valence-corrected chi connectivity index (χ3v) is 5.31. The number of nitrogens with zero attached hydrogens (tertiary/aromatic N) is 2. The van der Waals surface area contributed by atoms with Crippen molar-refractivity contribution in [2.75, 3.05) is 5.32 Å². The highest BCUT2D eigenvalue weighted by molar-refractivity contribution is 9.10. The topological polar surface area (TPSA) is 46.9 Å². The van der Waals surface area contributed by atoms with Gasteiger partial charge in [-0.2, -0.15) is 5.10 Å². The van der Waals surface area contributed by atoms with Crippen LogP contribution >= 0.6 is 27.5 Å². The second-order valence-corrected chi connectivity index (χ2v) is 8.13. The van der Waals surface area contributed by atoms with Gasteiger partial charge >= 0.3 is 0 Å². The van der Waals surface area contributed by atoms with Gasteiger partial charge in [-0.15, -0.1) is 0 Å². The summed E-state index contributed by atoms with van der Waals surface area (Å²) in [7, 11) is 0. The van der Waals surface area contributed by atoms with Gasteiger partial charge in [-0.05, 0) is 51.2 Å². The molecule has 0 aliphatic rings. The summed E-state index contributed by atoms with van der Waals surface area (Å²) in [5.41, 5.74) is 2.52. The molecule has 0 aliphatic carbocycles. The van der Waals surface area contributed by atoms with E-state index in [1.807, 2.05) is 24.3 Å². The van der Waals surface area contributed by atoms with Gasteiger partial charge < -0.3 is 5.32 Å². The van der Waals surface area contributed by atoms with Crippen LogP contribution in [0.5, 0.6) is 0 Å². The van der Waals surface area contributed by atoms with E-state index in [-0.39, 0.29) is 12.5 Å². The van der Waals surface area contributed by atoms with Crippen molar-refractivity contribution in [1.29, 1.82) is 0 Å². The van der Waals surface area contributed by atoms with E-state index in [1.54, 1.807) is 24.4 Å². The fourth-order valence-electron chi connectivity index (χ4n) is 2.73. The van der Waals surface area contributed by atoms with Crippen LogP contribution in [0, 0.1) is 5.82 Å². The van der Waals surface area contributed by atoms with Gasteiger partial charge in [0.1, 0.15) is 5.82 Å². The van der Waals surface area contributed by atoms with Gasteiger partial charge in [-0.25, -0.2) is 4.39 Å². The quantitative estimate of drug-likeness (QED) is 0.427. The standard InChI is InChI=1S/C22H20BrClFN3O/c1-14(2)16-9-6-15(7-10-16)8-11-21(29)26-22-18(23)13-28(27-22)12-17-19(24)4-3-5-20(17)25/h3-11,13-14H,12H2,1-2H3,(H,26,27,29)/b11-8+. The Morgan fingerprint density at radius 1 is 1.28 bits per heavy atom. The summed E-state index contributed by atoms with van der Waals surface area (Å²) in [6.07, 6.45) is 4.85. The fourth-order valence-corrected chi connectivity index (χ4v) is 3.37. The largest absolute Gasteiger partial charge is 0.305 e. The molecule has 150 valence electrons. The Hall–Kier alpha value is -2.44. The lowest BCUT2D eigenvalue weighted by Crippen LogP contribution is -2.10. The van der Waals surface area contributed by atoms with Gasteiger partial charge in [-0.3, -0.25) is 9.48 Å². The summed E-state index contributed by atoms with van der Waals surface area (Å²) in [5, 5.41) is 7.33.